The summed E-state index contributed by atoms with van der Waals surface area (Å²) >= 11 is 3.47. The Morgan fingerprint density at radius 3 is 3.09 bits per heavy atom. The van der Waals surface area contributed by atoms with Gasteiger partial charge in [0.05, 0.1) is 23.0 Å². The molecule has 23 heavy (non-hydrogen) atoms. The number of fused-ring (bicyclic) bond motifs is 2. The topological polar surface area (TPSA) is 84.5 Å². The third kappa shape index (κ3) is 2.42. The van der Waals surface area contributed by atoms with E-state index in [4.69, 9.17) is 5.73 Å². The van der Waals surface area contributed by atoms with Gasteiger partial charge in [-0.25, -0.2) is 4.52 Å². The molecule has 4 atom stereocenters. The normalized spacial score (nSPS) is 29.8. The number of carbonyl (C=O) groups is 1. The summed E-state index contributed by atoms with van der Waals surface area (Å²) < 4.78 is 2.69. The number of hydrogen-bond acceptors (Lipinski definition) is 4. The first-order valence-electron chi connectivity index (χ1n) is 7.98. The number of aromatic nitrogens is 2. The molecule has 4 N–H and O–H groups in total. The van der Waals surface area contributed by atoms with Crippen molar-refractivity contribution >= 4 is 33.0 Å². The molecule has 6 nitrogen and oxygen atoms in total. The fraction of sp³-hybridized carbons (Fsp3) is 0.500. The number of carbonyl (C=O) groups excluding carboxylic acids is 1. The van der Waals surface area contributed by atoms with Crippen LogP contribution in [-0.4, -0.2) is 34.7 Å². The molecule has 1 aliphatic carbocycles. The monoisotopic (exact) mass is 377 g/mol. The van der Waals surface area contributed by atoms with Crippen LogP contribution >= 0.6 is 15.9 Å². The van der Waals surface area contributed by atoms with Crippen molar-refractivity contribution in [1.82, 2.24) is 14.9 Å². The maximum Gasteiger partial charge on any atom is 0.252 e. The predicted octanol–water partition coefficient (Wildman–Crippen LogP) is 1.85. The van der Waals surface area contributed by atoms with Crippen LogP contribution in [0.25, 0.3) is 5.52 Å². The Kier molecular flexibility index (Phi) is 3.57. The quantitative estimate of drug-likeness (QED) is 0.761. The van der Waals surface area contributed by atoms with E-state index < -0.39 is 5.91 Å². The van der Waals surface area contributed by atoms with Crippen molar-refractivity contribution in [3.05, 3.63) is 28.5 Å². The van der Waals surface area contributed by atoms with Crippen LogP contribution in [-0.2, 0) is 0 Å². The van der Waals surface area contributed by atoms with Gasteiger partial charge in [-0.1, -0.05) is 6.92 Å². The van der Waals surface area contributed by atoms with Gasteiger partial charge >= 0.3 is 0 Å². The maximum absolute atomic E-state index is 11.8. The molecular formula is C16H20BrN5O. The maximum atomic E-state index is 11.8. The third-order valence-corrected chi connectivity index (χ3v) is 5.89. The standard InChI is InChI=1S/C16H20BrN5O/c1-8-11-5-19-4-9(11)2-13(8)21-15-12(16(18)23)6-20-22-7-10(17)3-14(15)22/h3,6-9,11,13,19,21H,2,4-5H2,1H3,(H2,18,23)/t8-,9+,11-,13+/m0/s1. The molecular weight excluding hydrogens is 358 g/mol. The highest BCUT2D eigenvalue weighted by Crippen LogP contribution is 2.41. The Labute approximate surface area is 142 Å². The van der Waals surface area contributed by atoms with Crippen molar-refractivity contribution in [1.29, 1.82) is 0 Å². The average Bonchev–Trinajstić information content (AvgIpc) is 3.16. The molecule has 2 aliphatic rings. The number of hydrogen-bond donors (Lipinski definition) is 3. The molecule has 1 saturated heterocycles. The summed E-state index contributed by atoms with van der Waals surface area (Å²) in [6.45, 7) is 4.49. The number of rotatable bonds is 3. The van der Waals surface area contributed by atoms with Crippen molar-refractivity contribution in [2.75, 3.05) is 18.4 Å². The van der Waals surface area contributed by atoms with Gasteiger partial charge in [0.15, 0.2) is 0 Å². The minimum Gasteiger partial charge on any atom is -0.380 e. The van der Waals surface area contributed by atoms with Crippen LogP contribution in [0.5, 0.6) is 0 Å². The lowest BCUT2D eigenvalue weighted by molar-refractivity contribution is 0.100. The van der Waals surface area contributed by atoms with Gasteiger partial charge in [-0.2, -0.15) is 5.10 Å². The lowest BCUT2D eigenvalue weighted by Crippen LogP contribution is -2.29. The second kappa shape index (κ2) is 5.49. The van der Waals surface area contributed by atoms with Crippen LogP contribution in [0.1, 0.15) is 23.7 Å². The lowest BCUT2D eigenvalue weighted by atomic mass is 9.93. The van der Waals surface area contributed by atoms with E-state index in [1.54, 1.807) is 10.7 Å². The summed E-state index contributed by atoms with van der Waals surface area (Å²) in [6, 6.07) is 2.31. The van der Waals surface area contributed by atoms with E-state index in [1.807, 2.05) is 12.3 Å². The highest BCUT2D eigenvalue weighted by molar-refractivity contribution is 9.10. The first-order valence-corrected chi connectivity index (χ1v) is 8.78. The highest BCUT2D eigenvalue weighted by Gasteiger charge is 2.43. The molecule has 3 heterocycles. The lowest BCUT2D eigenvalue weighted by Gasteiger charge is -2.23. The van der Waals surface area contributed by atoms with E-state index in [0.29, 0.717) is 23.4 Å². The third-order valence-electron chi connectivity index (χ3n) is 5.46. The van der Waals surface area contributed by atoms with Crippen LogP contribution in [0, 0.1) is 17.8 Å². The summed E-state index contributed by atoms with van der Waals surface area (Å²) in [5, 5.41) is 11.4. The van der Waals surface area contributed by atoms with Crippen LogP contribution < -0.4 is 16.4 Å². The van der Waals surface area contributed by atoms with Gasteiger partial charge in [0.25, 0.3) is 5.91 Å². The molecule has 2 aromatic heterocycles. The summed E-state index contributed by atoms with van der Waals surface area (Å²) in [5.41, 5.74) is 7.68. The molecule has 0 spiro atoms. The van der Waals surface area contributed by atoms with Crippen molar-refractivity contribution in [3.63, 3.8) is 0 Å². The number of nitrogens with zero attached hydrogens (tertiary/aromatic N) is 2. The van der Waals surface area contributed by atoms with Gasteiger partial charge in [0.2, 0.25) is 0 Å². The molecule has 0 aromatic carbocycles. The van der Waals surface area contributed by atoms with E-state index in [-0.39, 0.29) is 0 Å². The van der Waals surface area contributed by atoms with Gasteiger partial charge in [0, 0.05) is 16.7 Å². The zero-order valence-corrected chi connectivity index (χ0v) is 14.5. The molecule has 7 heteroatoms. The predicted molar refractivity (Wildman–Crippen MR) is 92.5 cm³/mol. The largest absolute Gasteiger partial charge is 0.380 e. The summed E-state index contributed by atoms with van der Waals surface area (Å²) in [7, 11) is 0. The smallest absolute Gasteiger partial charge is 0.252 e. The minimum atomic E-state index is -0.452. The first kappa shape index (κ1) is 15.0. The van der Waals surface area contributed by atoms with E-state index in [0.717, 1.165) is 41.1 Å². The average molecular weight is 378 g/mol. The van der Waals surface area contributed by atoms with Crippen LogP contribution in [0.15, 0.2) is 22.9 Å². The SMILES string of the molecule is C[C@H]1[C@@H]2CNC[C@H]2C[C@H]1Nc1c(C(N)=O)cnn2cc(Br)cc12. The first-order chi connectivity index (χ1) is 11.0. The molecule has 0 bridgehead atoms. The number of amides is 1. The molecule has 2 aromatic rings. The Balaban J connectivity index is 1.73. The molecule has 0 radical (unpaired) electrons. The fourth-order valence-corrected chi connectivity index (χ4v) is 4.62. The summed E-state index contributed by atoms with van der Waals surface area (Å²) in [4.78, 5) is 11.8. The van der Waals surface area contributed by atoms with Crippen molar-refractivity contribution in [3.8, 4) is 0 Å². The molecule has 1 aliphatic heterocycles. The summed E-state index contributed by atoms with van der Waals surface area (Å²) in [5.74, 6) is 1.53. The van der Waals surface area contributed by atoms with Crippen molar-refractivity contribution in [2.45, 2.75) is 19.4 Å². The molecule has 122 valence electrons. The Bertz CT molecular complexity index is 773. The molecule has 2 fully saturated rings. The van der Waals surface area contributed by atoms with E-state index >= 15 is 0 Å². The van der Waals surface area contributed by atoms with E-state index in [2.05, 4.69) is 38.6 Å². The van der Waals surface area contributed by atoms with Crippen LogP contribution in [0.2, 0.25) is 0 Å². The Hall–Kier alpha value is -1.60. The molecule has 1 amide bonds. The number of nitrogens with one attached hydrogen (secondary N) is 2. The van der Waals surface area contributed by atoms with Crippen LogP contribution in [0.3, 0.4) is 0 Å². The van der Waals surface area contributed by atoms with Gasteiger partial charge in [-0.15, -0.1) is 0 Å². The van der Waals surface area contributed by atoms with Gasteiger partial charge in [-0.05, 0) is 59.3 Å². The van der Waals surface area contributed by atoms with E-state index in [9.17, 15) is 4.79 Å². The number of nitrogens with two attached hydrogens (primary N) is 1. The summed E-state index contributed by atoms with van der Waals surface area (Å²) in [6.07, 6.45) is 4.54. The van der Waals surface area contributed by atoms with Gasteiger partial charge < -0.3 is 16.4 Å². The molecule has 4 rings (SSSR count). The second-order valence-electron chi connectivity index (χ2n) is 6.71. The Morgan fingerprint density at radius 1 is 1.52 bits per heavy atom. The van der Waals surface area contributed by atoms with Gasteiger partial charge in [0.1, 0.15) is 0 Å². The number of halogens is 1. The van der Waals surface area contributed by atoms with Gasteiger partial charge in [-0.3, -0.25) is 4.79 Å². The fourth-order valence-electron chi connectivity index (χ4n) is 4.21. The Morgan fingerprint density at radius 2 is 2.35 bits per heavy atom. The highest BCUT2D eigenvalue weighted by atomic mass is 79.9. The number of anilines is 1. The van der Waals surface area contributed by atoms with E-state index in [1.165, 1.54) is 0 Å². The van der Waals surface area contributed by atoms with Crippen molar-refractivity contribution < 1.29 is 4.79 Å². The molecule has 0 unspecified atom stereocenters. The molecule has 1 saturated carbocycles. The zero-order valence-electron chi connectivity index (χ0n) is 12.9. The van der Waals surface area contributed by atoms with Crippen molar-refractivity contribution in [2.24, 2.45) is 23.5 Å². The zero-order chi connectivity index (χ0) is 16.1. The van der Waals surface area contributed by atoms with Crippen LogP contribution in [0.4, 0.5) is 5.69 Å². The number of primary amides is 1. The minimum absolute atomic E-state index is 0.352. The second-order valence-corrected chi connectivity index (χ2v) is 7.63.